The summed E-state index contributed by atoms with van der Waals surface area (Å²) in [5.74, 6) is -0.178. The molecule has 2 aromatic rings. The molecule has 0 bridgehead atoms. The van der Waals surface area contributed by atoms with Crippen molar-refractivity contribution in [3.8, 4) is 5.88 Å². The first kappa shape index (κ1) is 22.3. The van der Waals surface area contributed by atoms with Crippen LogP contribution in [0.3, 0.4) is 0 Å². The van der Waals surface area contributed by atoms with E-state index in [0.29, 0.717) is 38.7 Å². The normalized spacial score (nSPS) is 20.7. The number of aliphatic hydroxyl groups is 1. The zero-order valence-electron chi connectivity index (χ0n) is 17.1. The number of aliphatic hydroxyl groups excluding tert-OH is 1. The van der Waals surface area contributed by atoms with Gasteiger partial charge in [0.2, 0.25) is 0 Å². The lowest BCUT2D eigenvalue weighted by Gasteiger charge is -2.21. The Bertz CT molecular complexity index is 1180. The first-order chi connectivity index (χ1) is 15.0. The Morgan fingerprint density at radius 2 is 2.10 bits per heavy atom. The lowest BCUT2D eigenvalue weighted by atomic mass is 10.3. The number of β-amino-alcohol motifs (C(OH)–C–C–N with tert-alkyl or cyclic N) is 1. The molecule has 0 spiro atoms. The summed E-state index contributed by atoms with van der Waals surface area (Å²) < 4.78 is 17.2. The second kappa shape index (κ2) is 9.33. The SMILES string of the molecule is CCn1c([O-])c([C-]2[N+](CC)=CC(=CC=C3Sc4ccccc4N3CCO)S2=O)sc1=S. The highest BCUT2D eigenvalue weighted by Crippen LogP contribution is 2.45. The number of thiazole rings is 1. The van der Waals surface area contributed by atoms with Crippen molar-refractivity contribution in [2.75, 3.05) is 24.6 Å². The number of hydrogen-bond donors (Lipinski definition) is 1. The molecule has 31 heavy (non-hydrogen) atoms. The number of allylic oxidation sites excluding steroid dienone is 3. The van der Waals surface area contributed by atoms with E-state index in [-0.39, 0.29) is 12.5 Å². The molecule has 4 rings (SSSR count). The van der Waals surface area contributed by atoms with Crippen molar-refractivity contribution in [1.29, 1.82) is 0 Å². The highest BCUT2D eigenvalue weighted by molar-refractivity contribution is 8.03. The Morgan fingerprint density at radius 3 is 2.77 bits per heavy atom. The molecule has 1 aromatic heterocycles. The maximum Gasteiger partial charge on any atom is 0.186 e. The van der Waals surface area contributed by atoms with E-state index in [1.807, 2.05) is 61.1 Å². The number of fused-ring (bicyclic) bond motifs is 1. The summed E-state index contributed by atoms with van der Waals surface area (Å²) in [6.45, 7) is 5.45. The predicted molar refractivity (Wildman–Crippen MR) is 129 cm³/mol. The Hall–Kier alpha value is -1.85. The number of rotatable bonds is 6. The van der Waals surface area contributed by atoms with Gasteiger partial charge in [-0.15, -0.1) is 17.2 Å². The molecular weight excluding hydrogens is 471 g/mol. The van der Waals surface area contributed by atoms with Crippen LogP contribution in [0.1, 0.15) is 18.7 Å². The monoisotopic (exact) mass is 492 g/mol. The molecule has 2 aliphatic heterocycles. The molecule has 0 aliphatic carbocycles. The standard InChI is InChI=1S/C21H23N3O3S4/c1-3-22-13-14(31(27)20(22)18-19(26)23(4-2)21(28)30-18)9-10-17-24(11-12-25)15-7-5-6-8-16(15)29-17/h5-10,13,25-26H,3-4,11-12H2,1-2H3/p-1. The van der Waals surface area contributed by atoms with Gasteiger partial charge >= 0.3 is 0 Å². The Balaban J connectivity index is 1.67. The van der Waals surface area contributed by atoms with Gasteiger partial charge in [-0.3, -0.25) is 8.78 Å². The third kappa shape index (κ3) is 4.03. The molecule has 10 heteroatoms. The molecule has 0 fully saturated rings. The Kier molecular flexibility index (Phi) is 6.73. The van der Waals surface area contributed by atoms with E-state index in [0.717, 1.165) is 15.6 Å². The van der Waals surface area contributed by atoms with E-state index in [1.165, 1.54) is 15.9 Å². The smallest absolute Gasteiger partial charge is 0.186 e. The summed E-state index contributed by atoms with van der Waals surface area (Å²) in [7, 11) is -1.47. The van der Waals surface area contributed by atoms with E-state index in [1.54, 1.807) is 11.8 Å². The molecule has 0 saturated heterocycles. The van der Waals surface area contributed by atoms with Gasteiger partial charge in [-0.2, -0.15) is 0 Å². The summed E-state index contributed by atoms with van der Waals surface area (Å²) in [5, 5.41) is 23.7. The molecule has 3 heterocycles. The number of hydrogen-bond acceptors (Lipinski definition) is 7. The Labute approximate surface area is 197 Å². The third-order valence-corrected chi connectivity index (χ3v) is 9.14. The van der Waals surface area contributed by atoms with Crippen LogP contribution in [-0.2, 0) is 17.3 Å². The molecule has 0 amide bonds. The van der Waals surface area contributed by atoms with Crippen LogP contribution in [-0.4, -0.2) is 44.4 Å². The van der Waals surface area contributed by atoms with Crippen molar-refractivity contribution in [1.82, 2.24) is 4.57 Å². The van der Waals surface area contributed by atoms with Crippen LogP contribution in [0.15, 0.2) is 51.2 Å². The Morgan fingerprint density at radius 1 is 1.32 bits per heavy atom. The van der Waals surface area contributed by atoms with E-state index in [4.69, 9.17) is 12.2 Å². The topological polar surface area (TPSA) is 71.5 Å². The van der Waals surface area contributed by atoms with Crippen molar-refractivity contribution in [3.63, 3.8) is 0 Å². The molecule has 1 unspecified atom stereocenters. The number of benzene rings is 1. The van der Waals surface area contributed by atoms with Gasteiger partial charge in [0.25, 0.3) is 0 Å². The quantitative estimate of drug-likeness (QED) is 0.379. The van der Waals surface area contributed by atoms with Gasteiger partial charge in [-0.1, -0.05) is 30.0 Å². The number of nitrogens with zero attached hydrogens (tertiary/aromatic N) is 3. The fraction of sp³-hybridized carbons (Fsp3) is 0.286. The average Bonchev–Trinajstić information content (AvgIpc) is 3.37. The van der Waals surface area contributed by atoms with Crippen LogP contribution in [0.4, 0.5) is 5.69 Å². The van der Waals surface area contributed by atoms with Crippen LogP contribution in [0.25, 0.3) is 0 Å². The number of anilines is 1. The largest absolute Gasteiger partial charge is 0.914 e. The minimum absolute atomic E-state index is 0.0356. The first-order valence-electron chi connectivity index (χ1n) is 9.88. The van der Waals surface area contributed by atoms with Gasteiger partial charge in [0, 0.05) is 27.8 Å². The first-order valence-corrected chi connectivity index (χ1v) is 13.1. The fourth-order valence-corrected chi connectivity index (χ4v) is 7.58. The lowest BCUT2D eigenvalue weighted by Crippen LogP contribution is -2.21. The van der Waals surface area contributed by atoms with E-state index < -0.39 is 10.8 Å². The molecule has 1 atom stereocenters. The highest BCUT2D eigenvalue weighted by atomic mass is 32.2. The molecular formula is C21H22N3O3S4-. The van der Waals surface area contributed by atoms with Gasteiger partial charge in [0.1, 0.15) is 10.5 Å². The second-order valence-electron chi connectivity index (χ2n) is 6.75. The zero-order chi connectivity index (χ0) is 22.1. The van der Waals surface area contributed by atoms with Crippen LogP contribution < -0.4 is 10.0 Å². The summed E-state index contributed by atoms with van der Waals surface area (Å²) in [6.07, 6.45) is 5.60. The van der Waals surface area contributed by atoms with Gasteiger partial charge in [-0.05, 0) is 44.3 Å². The van der Waals surface area contributed by atoms with Crippen molar-refractivity contribution in [3.05, 3.63) is 60.6 Å². The number of aromatic nitrogens is 1. The molecule has 0 radical (unpaired) electrons. The average molecular weight is 493 g/mol. The van der Waals surface area contributed by atoms with Gasteiger partial charge in [-0.25, -0.2) is 0 Å². The molecule has 1 N–H and O–H groups in total. The van der Waals surface area contributed by atoms with Crippen LogP contribution >= 0.6 is 35.3 Å². The van der Waals surface area contributed by atoms with E-state index >= 15 is 0 Å². The molecule has 6 nitrogen and oxygen atoms in total. The maximum absolute atomic E-state index is 13.3. The molecule has 1 aromatic carbocycles. The number of para-hydroxylation sites is 1. The van der Waals surface area contributed by atoms with Gasteiger partial charge in [0.05, 0.1) is 34.3 Å². The summed E-state index contributed by atoms with van der Waals surface area (Å²) in [4.78, 5) is 4.26. The maximum atomic E-state index is 13.3. The number of thioether (sulfide) groups is 1. The molecule has 164 valence electrons. The molecule has 0 saturated carbocycles. The van der Waals surface area contributed by atoms with Crippen molar-refractivity contribution < 1.29 is 19.0 Å². The van der Waals surface area contributed by atoms with Crippen molar-refractivity contribution in [2.24, 2.45) is 0 Å². The van der Waals surface area contributed by atoms with Crippen LogP contribution in [0.5, 0.6) is 5.88 Å². The minimum Gasteiger partial charge on any atom is -0.914 e. The van der Waals surface area contributed by atoms with Crippen molar-refractivity contribution in [2.45, 2.75) is 25.3 Å². The molecule has 2 aliphatic rings. The zero-order valence-corrected chi connectivity index (χ0v) is 20.4. The van der Waals surface area contributed by atoms with E-state index in [2.05, 4.69) is 4.90 Å². The lowest BCUT2D eigenvalue weighted by molar-refractivity contribution is -0.480. The van der Waals surface area contributed by atoms with Crippen LogP contribution in [0, 0.1) is 9.33 Å². The predicted octanol–water partition coefficient (Wildman–Crippen LogP) is 3.41. The van der Waals surface area contributed by atoms with E-state index in [9.17, 15) is 14.4 Å². The summed E-state index contributed by atoms with van der Waals surface area (Å²) in [5.41, 5.74) is 1.06. The third-order valence-electron chi connectivity index (χ3n) is 4.98. The fourth-order valence-electron chi connectivity index (χ4n) is 3.49. The summed E-state index contributed by atoms with van der Waals surface area (Å²) in [6, 6.07) is 8.04. The van der Waals surface area contributed by atoms with Crippen LogP contribution in [0.2, 0.25) is 0 Å². The van der Waals surface area contributed by atoms with Crippen molar-refractivity contribution >= 4 is 58.0 Å². The van der Waals surface area contributed by atoms with Gasteiger partial charge in [0.15, 0.2) is 5.37 Å². The highest BCUT2D eigenvalue weighted by Gasteiger charge is 2.33. The summed E-state index contributed by atoms with van der Waals surface area (Å²) >= 11 is 8.16. The minimum atomic E-state index is -1.47. The van der Waals surface area contributed by atoms with Gasteiger partial charge < -0.3 is 19.7 Å². The second-order valence-corrected chi connectivity index (χ2v) is 10.9.